The molecule has 0 spiro atoms. The minimum Gasteiger partial charge on any atom is -0.481 e. The summed E-state index contributed by atoms with van der Waals surface area (Å²) in [7, 11) is 1.63. The van der Waals surface area contributed by atoms with E-state index in [2.05, 4.69) is 4.98 Å². The zero-order chi connectivity index (χ0) is 13.5. The summed E-state index contributed by atoms with van der Waals surface area (Å²) in [5, 5.41) is 8.51. The Morgan fingerprint density at radius 2 is 2.28 bits per heavy atom. The number of carboxylic acids is 1. The molecule has 0 radical (unpaired) electrons. The quantitative estimate of drug-likeness (QED) is 0.700. The van der Waals surface area contributed by atoms with Crippen LogP contribution < -0.4 is 5.73 Å². The van der Waals surface area contributed by atoms with Crippen LogP contribution in [0.3, 0.4) is 0 Å². The molecule has 0 atom stereocenters. The van der Waals surface area contributed by atoms with E-state index >= 15 is 0 Å². The lowest BCUT2D eigenvalue weighted by Gasteiger charge is -2.14. The second-order valence-corrected chi connectivity index (χ2v) is 4.01. The van der Waals surface area contributed by atoms with Crippen molar-refractivity contribution in [1.82, 2.24) is 14.5 Å². The molecule has 0 aromatic carbocycles. The number of imidazole rings is 1. The van der Waals surface area contributed by atoms with E-state index in [9.17, 15) is 9.59 Å². The number of nitrogens with zero attached hydrogens (tertiary/aromatic N) is 3. The molecule has 1 amide bonds. The highest BCUT2D eigenvalue weighted by atomic mass is 16.4. The number of rotatable bonds is 7. The van der Waals surface area contributed by atoms with E-state index in [-0.39, 0.29) is 12.3 Å². The molecule has 1 aromatic rings. The molecule has 1 aromatic heterocycles. The first-order chi connectivity index (χ1) is 8.54. The number of aliphatic carboxylic acids is 1. The fraction of sp³-hybridized carbons (Fsp3) is 0.545. The summed E-state index contributed by atoms with van der Waals surface area (Å²) in [6.45, 7) is 1.50. The van der Waals surface area contributed by atoms with Gasteiger partial charge < -0.3 is 20.3 Å². The number of carboxylic acid groups (broad SMARTS) is 1. The normalized spacial score (nSPS) is 10.3. The number of nitrogens with two attached hydrogens (primary N) is 1. The van der Waals surface area contributed by atoms with Crippen LogP contribution in [0.15, 0.2) is 12.5 Å². The van der Waals surface area contributed by atoms with E-state index in [1.807, 2.05) is 0 Å². The van der Waals surface area contributed by atoms with Crippen molar-refractivity contribution in [3.8, 4) is 0 Å². The average molecular weight is 254 g/mol. The van der Waals surface area contributed by atoms with Gasteiger partial charge in [0.15, 0.2) is 0 Å². The van der Waals surface area contributed by atoms with Crippen LogP contribution in [0.4, 0.5) is 0 Å². The van der Waals surface area contributed by atoms with Gasteiger partial charge in [-0.15, -0.1) is 0 Å². The molecule has 1 heterocycles. The van der Waals surface area contributed by atoms with Gasteiger partial charge in [-0.1, -0.05) is 0 Å². The molecule has 0 bridgehead atoms. The molecular weight excluding hydrogens is 236 g/mol. The van der Waals surface area contributed by atoms with Crippen molar-refractivity contribution in [2.24, 2.45) is 5.73 Å². The Morgan fingerprint density at radius 1 is 1.56 bits per heavy atom. The second-order valence-electron chi connectivity index (χ2n) is 4.01. The third-order valence-corrected chi connectivity index (χ3v) is 2.47. The van der Waals surface area contributed by atoms with Crippen molar-refractivity contribution < 1.29 is 14.7 Å². The average Bonchev–Trinajstić information content (AvgIpc) is 2.76. The van der Waals surface area contributed by atoms with Gasteiger partial charge in [-0.05, 0) is 6.42 Å². The summed E-state index contributed by atoms with van der Waals surface area (Å²) in [4.78, 5) is 27.7. The first-order valence-electron chi connectivity index (χ1n) is 5.73. The fourth-order valence-electron chi connectivity index (χ4n) is 1.51. The first kappa shape index (κ1) is 14.2. The van der Waals surface area contributed by atoms with E-state index < -0.39 is 5.97 Å². The summed E-state index contributed by atoms with van der Waals surface area (Å²) in [6.07, 6.45) is 3.69. The van der Waals surface area contributed by atoms with Crippen LogP contribution in [0, 0.1) is 0 Å². The minimum absolute atomic E-state index is 0.0548. The van der Waals surface area contributed by atoms with Crippen molar-refractivity contribution in [3.63, 3.8) is 0 Å². The topological polar surface area (TPSA) is 101 Å². The first-order valence-corrected chi connectivity index (χ1v) is 5.73. The van der Waals surface area contributed by atoms with Gasteiger partial charge in [0.2, 0.25) is 0 Å². The monoisotopic (exact) mass is 254 g/mol. The lowest BCUT2D eigenvalue weighted by molar-refractivity contribution is -0.137. The molecule has 100 valence electrons. The van der Waals surface area contributed by atoms with Gasteiger partial charge in [0.25, 0.3) is 5.91 Å². The zero-order valence-electron chi connectivity index (χ0n) is 10.4. The number of carbonyl (C=O) groups excluding carboxylic acids is 1. The van der Waals surface area contributed by atoms with Crippen LogP contribution in [0.1, 0.15) is 23.3 Å². The van der Waals surface area contributed by atoms with Gasteiger partial charge in [-0.25, -0.2) is 4.98 Å². The number of hydrogen-bond donors (Lipinski definition) is 2. The van der Waals surface area contributed by atoms with E-state index in [0.717, 1.165) is 0 Å². The third-order valence-electron chi connectivity index (χ3n) is 2.47. The zero-order valence-corrected chi connectivity index (χ0v) is 10.4. The van der Waals surface area contributed by atoms with Crippen molar-refractivity contribution in [1.29, 1.82) is 0 Å². The van der Waals surface area contributed by atoms with Crippen molar-refractivity contribution >= 4 is 11.9 Å². The molecule has 0 saturated heterocycles. The molecule has 7 nitrogen and oxygen atoms in total. The second kappa shape index (κ2) is 6.75. The predicted octanol–water partition coefficient (Wildman–Crippen LogP) is -0.221. The maximum Gasteiger partial charge on any atom is 0.303 e. The Balaban J connectivity index is 2.48. The van der Waals surface area contributed by atoms with Gasteiger partial charge >= 0.3 is 5.97 Å². The highest BCUT2D eigenvalue weighted by molar-refractivity contribution is 5.91. The van der Waals surface area contributed by atoms with Crippen LogP contribution in [0.2, 0.25) is 0 Å². The molecule has 0 fully saturated rings. The molecule has 3 N–H and O–H groups in total. The van der Waals surface area contributed by atoms with Crippen LogP contribution in [-0.2, 0) is 11.3 Å². The van der Waals surface area contributed by atoms with Gasteiger partial charge in [0.1, 0.15) is 5.69 Å². The van der Waals surface area contributed by atoms with Crippen LogP contribution in [0.25, 0.3) is 0 Å². The van der Waals surface area contributed by atoms with E-state index in [4.69, 9.17) is 10.8 Å². The van der Waals surface area contributed by atoms with E-state index in [0.29, 0.717) is 31.7 Å². The highest BCUT2D eigenvalue weighted by Gasteiger charge is 2.14. The molecule has 0 unspecified atom stereocenters. The summed E-state index contributed by atoms with van der Waals surface area (Å²) in [6, 6.07) is 0. The van der Waals surface area contributed by atoms with Gasteiger partial charge in [-0.3, -0.25) is 9.59 Å². The summed E-state index contributed by atoms with van der Waals surface area (Å²) in [5.74, 6) is -1.07. The number of carbonyl (C=O) groups is 2. The fourth-order valence-corrected chi connectivity index (χ4v) is 1.51. The predicted molar refractivity (Wildman–Crippen MR) is 65.1 cm³/mol. The van der Waals surface area contributed by atoms with Gasteiger partial charge in [0.05, 0.1) is 6.33 Å². The van der Waals surface area contributed by atoms with Crippen LogP contribution in [0.5, 0.6) is 0 Å². The molecule has 0 aliphatic carbocycles. The molecular formula is C11H18N4O3. The van der Waals surface area contributed by atoms with E-state index in [1.165, 1.54) is 4.90 Å². The van der Waals surface area contributed by atoms with Crippen molar-refractivity contribution in [3.05, 3.63) is 18.2 Å². The largest absolute Gasteiger partial charge is 0.481 e. The smallest absolute Gasteiger partial charge is 0.303 e. The van der Waals surface area contributed by atoms with Gasteiger partial charge in [-0.2, -0.15) is 0 Å². The summed E-state index contributed by atoms with van der Waals surface area (Å²) < 4.78 is 1.75. The number of hydrogen-bond acceptors (Lipinski definition) is 4. The molecule has 18 heavy (non-hydrogen) atoms. The maximum atomic E-state index is 11.9. The summed E-state index contributed by atoms with van der Waals surface area (Å²) in [5.41, 5.74) is 5.75. The van der Waals surface area contributed by atoms with Crippen LogP contribution in [-0.4, -0.2) is 51.6 Å². The number of aromatic nitrogens is 2. The maximum absolute atomic E-state index is 11.9. The SMILES string of the molecule is CN(CCCC(=O)O)C(=O)c1cn(CCN)cn1. The Morgan fingerprint density at radius 3 is 2.89 bits per heavy atom. The molecule has 1 rings (SSSR count). The summed E-state index contributed by atoms with van der Waals surface area (Å²) >= 11 is 0. The Labute approximate surface area is 105 Å². The molecule has 0 aliphatic rings. The molecule has 7 heteroatoms. The third kappa shape index (κ3) is 4.17. The lowest BCUT2D eigenvalue weighted by atomic mass is 10.3. The standard InChI is InChI=1S/C11H18N4O3/c1-14(5-2-3-10(16)17)11(18)9-7-15(6-4-12)8-13-9/h7-8H,2-6,12H2,1H3,(H,16,17). The Kier molecular flexibility index (Phi) is 5.31. The lowest BCUT2D eigenvalue weighted by Crippen LogP contribution is -2.28. The van der Waals surface area contributed by atoms with Crippen molar-refractivity contribution in [2.45, 2.75) is 19.4 Å². The molecule has 0 aliphatic heterocycles. The number of amides is 1. The highest BCUT2D eigenvalue weighted by Crippen LogP contribution is 2.02. The Bertz CT molecular complexity index is 416. The molecule has 0 saturated carbocycles. The minimum atomic E-state index is -0.858. The van der Waals surface area contributed by atoms with Crippen LogP contribution >= 0.6 is 0 Å². The van der Waals surface area contributed by atoms with Crippen molar-refractivity contribution in [2.75, 3.05) is 20.1 Å². The van der Waals surface area contributed by atoms with E-state index in [1.54, 1.807) is 24.1 Å². The van der Waals surface area contributed by atoms with Gasteiger partial charge in [0, 0.05) is 39.3 Å². The Hall–Kier alpha value is -1.89.